The molecule has 1 aliphatic heterocycles. The summed E-state index contributed by atoms with van der Waals surface area (Å²) in [5, 5.41) is 9.47. The van der Waals surface area contributed by atoms with E-state index in [0.717, 1.165) is 51.4 Å². The molecule has 5 nitrogen and oxygen atoms in total. The van der Waals surface area contributed by atoms with Crippen LogP contribution in [0.15, 0.2) is 35.9 Å². The van der Waals surface area contributed by atoms with Crippen LogP contribution < -0.4 is 4.74 Å². The van der Waals surface area contributed by atoms with Gasteiger partial charge in [-0.25, -0.2) is 0 Å². The van der Waals surface area contributed by atoms with Crippen molar-refractivity contribution in [3.8, 4) is 5.75 Å². The summed E-state index contributed by atoms with van der Waals surface area (Å²) >= 11 is 0. The molecule has 5 heteroatoms. The number of hydrogen-bond acceptors (Lipinski definition) is 5. The largest absolute Gasteiger partial charge is 0.492 e. The van der Waals surface area contributed by atoms with Gasteiger partial charge in [0.15, 0.2) is 0 Å². The maximum atomic E-state index is 9.47. The number of nitrogens with zero attached hydrogens (tertiary/aromatic N) is 3. The highest BCUT2D eigenvalue weighted by Crippen LogP contribution is 2.19. The van der Waals surface area contributed by atoms with Gasteiger partial charge < -0.3 is 14.7 Å². The Morgan fingerprint density at radius 2 is 2.11 bits per heavy atom. The molecule has 27 heavy (non-hydrogen) atoms. The number of hydrogen-bond donors (Lipinski definition) is 1. The van der Waals surface area contributed by atoms with Crippen molar-refractivity contribution in [1.29, 1.82) is 0 Å². The van der Waals surface area contributed by atoms with E-state index >= 15 is 0 Å². The first-order chi connectivity index (χ1) is 13.0. The molecule has 1 aliphatic rings. The zero-order chi connectivity index (χ0) is 19.6. The summed E-state index contributed by atoms with van der Waals surface area (Å²) in [6.45, 7) is 11.2. The summed E-state index contributed by atoms with van der Waals surface area (Å²) in [6, 6.07) is 8.86. The van der Waals surface area contributed by atoms with Gasteiger partial charge in [-0.05, 0) is 52.1 Å². The third-order valence-electron chi connectivity index (χ3n) is 5.00. The monoisotopic (exact) mass is 375 g/mol. The van der Waals surface area contributed by atoms with Gasteiger partial charge in [0.25, 0.3) is 0 Å². The Hall–Kier alpha value is -1.40. The van der Waals surface area contributed by atoms with Crippen LogP contribution in [0.1, 0.15) is 25.8 Å². The molecular weight excluding hydrogens is 338 g/mol. The van der Waals surface area contributed by atoms with Crippen LogP contribution in [0.4, 0.5) is 0 Å². The Balaban J connectivity index is 1.90. The minimum Gasteiger partial charge on any atom is -0.492 e. The summed E-state index contributed by atoms with van der Waals surface area (Å²) in [4.78, 5) is 7.12. The van der Waals surface area contributed by atoms with Crippen LogP contribution >= 0.6 is 0 Å². The zero-order valence-electron chi connectivity index (χ0n) is 17.5. The molecule has 1 fully saturated rings. The molecule has 0 aromatic heterocycles. The van der Waals surface area contributed by atoms with E-state index in [9.17, 15) is 5.11 Å². The molecule has 152 valence electrons. The maximum absolute atomic E-state index is 9.47. The fraction of sp³-hybridized carbons (Fsp3) is 0.636. The van der Waals surface area contributed by atoms with Gasteiger partial charge in [-0.1, -0.05) is 23.8 Å². The number of piperazine rings is 1. The summed E-state index contributed by atoms with van der Waals surface area (Å²) < 4.78 is 5.87. The van der Waals surface area contributed by atoms with Crippen LogP contribution in [-0.2, 0) is 6.54 Å². The third-order valence-corrected chi connectivity index (χ3v) is 5.00. The van der Waals surface area contributed by atoms with Gasteiger partial charge in [-0.2, -0.15) is 0 Å². The normalized spacial score (nSPS) is 18.7. The number of aliphatic hydroxyl groups excluding tert-OH is 1. The van der Waals surface area contributed by atoms with Crippen molar-refractivity contribution in [2.24, 2.45) is 0 Å². The van der Waals surface area contributed by atoms with Gasteiger partial charge in [0.05, 0.1) is 0 Å². The predicted molar refractivity (Wildman–Crippen MR) is 112 cm³/mol. The molecule has 1 heterocycles. The van der Waals surface area contributed by atoms with Crippen molar-refractivity contribution < 1.29 is 9.84 Å². The summed E-state index contributed by atoms with van der Waals surface area (Å²) in [6.07, 6.45) is 3.12. The van der Waals surface area contributed by atoms with E-state index in [-0.39, 0.29) is 6.61 Å². The van der Waals surface area contributed by atoms with E-state index < -0.39 is 0 Å². The van der Waals surface area contributed by atoms with Gasteiger partial charge >= 0.3 is 0 Å². The molecule has 1 atom stereocenters. The lowest BCUT2D eigenvalue weighted by atomic mass is 10.1. The maximum Gasteiger partial charge on any atom is 0.119 e. The van der Waals surface area contributed by atoms with Gasteiger partial charge in [-0.15, -0.1) is 0 Å². The highest BCUT2D eigenvalue weighted by Gasteiger charge is 2.25. The summed E-state index contributed by atoms with van der Waals surface area (Å²) in [5.41, 5.74) is 2.64. The minimum atomic E-state index is 0.249. The molecule has 1 aromatic rings. The van der Waals surface area contributed by atoms with Crippen LogP contribution in [-0.4, -0.2) is 85.9 Å². The molecule has 0 bridgehead atoms. The van der Waals surface area contributed by atoms with E-state index in [1.165, 1.54) is 11.1 Å². The highest BCUT2D eigenvalue weighted by molar-refractivity contribution is 5.28. The molecule has 0 spiro atoms. The first-order valence-electron chi connectivity index (χ1n) is 10.0. The van der Waals surface area contributed by atoms with E-state index in [2.05, 4.69) is 66.9 Å². The number of benzene rings is 1. The zero-order valence-corrected chi connectivity index (χ0v) is 17.5. The number of likely N-dealkylation sites (N-methyl/N-ethyl adjacent to an activating group) is 1. The van der Waals surface area contributed by atoms with E-state index in [1.807, 2.05) is 6.07 Å². The molecule has 0 aliphatic carbocycles. The lowest BCUT2D eigenvalue weighted by Crippen LogP contribution is -2.53. The lowest BCUT2D eigenvalue weighted by molar-refractivity contribution is 0.0636. The second-order valence-electron chi connectivity index (χ2n) is 7.98. The van der Waals surface area contributed by atoms with Crippen molar-refractivity contribution in [1.82, 2.24) is 14.7 Å². The fourth-order valence-corrected chi connectivity index (χ4v) is 3.40. The van der Waals surface area contributed by atoms with Crippen molar-refractivity contribution in [3.05, 3.63) is 41.5 Å². The summed E-state index contributed by atoms with van der Waals surface area (Å²) in [5.74, 6) is 0.948. The second-order valence-corrected chi connectivity index (χ2v) is 7.98. The molecule has 0 radical (unpaired) electrons. The number of allylic oxidation sites excluding steroid dienone is 1. The average Bonchev–Trinajstić information content (AvgIpc) is 2.61. The SMILES string of the molecule is CC(C)=CCN1CCN(Cc2cccc(OCCN(C)C)c2)CC1CCO. The Morgan fingerprint density at radius 1 is 1.30 bits per heavy atom. The second kappa shape index (κ2) is 11.4. The Labute approximate surface area is 165 Å². The van der Waals surface area contributed by atoms with Gasteiger partial charge in [0, 0.05) is 51.9 Å². The third kappa shape index (κ3) is 8.01. The topological polar surface area (TPSA) is 39.2 Å². The number of ether oxygens (including phenoxy) is 1. The lowest BCUT2D eigenvalue weighted by Gasteiger charge is -2.41. The smallest absolute Gasteiger partial charge is 0.119 e. The number of rotatable bonds is 10. The first kappa shape index (κ1) is 21.9. The Morgan fingerprint density at radius 3 is 2.81 bits per heavy atom. The molecule has 1 saturated heterocycles. The fourth-order valence-electron chi connectivity index (χ4n) is 3.40. The van der Waals surface area contributed by atoms with Crippen LogP contribution in [0.3, 0.4) is 0 Å². The molecule has 1 N–H and O–H groups in total. The van der Waals surface area contributed by atoms with Crippen molar-refractivity contribution in [3.63, 3.8) is 0 Å². The minimum absolute atomic E-state index is 0.249. The van der Waals surface area contributed by atoms with Gasteiger partial charge in [0.1, 0.15) is 12.4 Å². The van der Waals surface area contributed by atoms with E-state index in [1.54, 1.807) is 0 Å². The molecule has 0 saturated carbocycles. The van der Waals surface area contributed by atoms with Gasteiger partial charge in [0.2, 0.25) is 0 Å². The highest BCUT2D eigenvalue weighted by atomic mass is 16.5. The first-order valence-corrected chi connectivity index (χ1v) is 10.0. The van der Waals surface area contributed by atoms with E-state index in [4.69, 9.17) is 4.74 Å². The Kier molecular flexibility index (Phi) is 9.28. The molecule has 0 amide bonds. The summed E-state index contributed by atoms with van der Waals surface area (Å²) in [7, 11) is 4.11. The molecule has 1 aromatic carbocycles. The van der Waals surface area contributed by atoms with Gasteiger partial charge in [-0.3, -0.25) is 9.80 Å². The van der Waals surface area contributed by atoms with Crippen LogP contribution in [0.2, 0.25) is 0 Å². The van der Waals surface area contributed by atoms with Crippen LogP contribution in [0.25, 0.3) is 0 Å². The predicted octanol–water partition coefficient (Wildman–Crippen LogP) is 2.46. The van der Waals surface area contributed by atoms with Crippen molar-refractivity contribution >= 4 is 0 Å². The number of aliphatic hydroxyl groups is 1. The quantitative estimate of drug-likeness (QED) is 0.636. The standard InChI is InChI=1S/C22H37N3O2/c1-19(2)8-10-25-12-11-24(18-21(25)9-14-26)17-20-6-5-7-22(16-20)27-15-13-23(3)4/h5-8,16,21,26H,9-15,17-18H2,1-4H3. The van der Waals surface area contributed by atoms with Crippen LogP contribution in [0, 0.1) is 0 Å². The Bertz CT molecular complexity index is 585. The average molecular weight is 376 g/mol. The van der Waals surface area contributed by atoms with E-state index in [0.29, 0.717) is 12.6 Å². The van der Waals surface area contributed by atoms with Crippen molar-refractivity contribution in [2.75, 3.05) is 60.0 Å². The molecular formula is C22H37N3O2. The van der Waals surface area contributed by atoms with Crippen LogP contribution in [0.5, 0.6) is 5.75 Å². The molecule has 2 rings (SSSR count). The van der Waals surface area contributed by atoms with Crippen molar-refractivity contribution in [2.45, 2.75) is 32.9 Å². The molecule has 1 unspecified atom stereocenters.